The van der Waals surface area contributed by atoms with E-state index in [1.165, 1.54) is 57.8 Å². The molecule has 3 heterocycles. The Hall–Kier alpha value is -1.21. The summed E-state index contributed by atoms with van der Waals surface area (Å²) in [5.74, 6) is -0.249. The largest absolute Gasteiger partial charge is 0.394 e. The van der Waals surface area contributed by atoms with Gasteiger partial charge in [-0.25, -0.2) is 0 Å². The second kappa shape index (κ2) is 31.8. The van der Waals surface area contributed by atoms with Crippen LogP contribution in [-0.2, 0) is 33.2 Å². The summed E-state index contributed by atoms with van der Waals surface area (Å²) in [6, 6.07) is -0.875. The number of ether oxygens (including phenoxy) is 6. The van der Waals surface area contributed by atoms with Crippen LogP contribution in [0.2, 0.25) is 0 Å². The molecule has 0 aromatic carbocycles. The topological polar surface area (TPSA) is 307 Å². The van der Waals surface area contributed by atoms with E-state index in [0.29, 0.717) is 12.8 Å². The molecule has 0 aromatic heterocycles. The molecule has 0 bridgehead atoms. The number of carbonyl (C=O) groups excluding carboxylic acids is 1. The van der Waals surface area contributed by atoms with Gasteiger partial charge in [0, 0.05) is 6.42 Å². The summed E-state index contributed by atoms with van der Waals surface area (Å²) in [7, 11) is 0. The Morgan fingerprint density at radius 3 is 1.36 bits per heavy atom. The first-order chi connectivity index (χ1) is 30.8. The number of aliphatic hydroxyl groups excluding tert-OH is 11. The average Bonchev–Trinajstić information content (AvgIpc) is 3.29. The van der Waals surface area contributed by atoms with Gasteiger partial charge in [0.05, 0.1) is 38.6 Å². The highest BCUT2D eigenvalue weighted by Crippen LogP contribution is 2.33. The summed E-state index contributed by atoms with van der Waals surface area (Å²) >= 11 is 0. The van der Waals surface area contributed by atoms with Crippen molar-refractivity contribution >= 4 is 5.91 Å². The molecule has 3 aliphatic heterocycles. The van der Waals surface area contributed by atoms with E-state index in [9.17, 15) is 61.0 Å². The number of carbonyl (C=O) groups is 1. The molecule has 17 atom stereocenters. The monoisotopic (exact) mass is 928 g/mol. The number of amides is 1. The second-order valence-electron chi connectivity index (χ2n) is 17.9. The Morgan fingerprint density at radius 1 is 0.500 bits per heavy atom. The first-order valence-corrected chi connectivity index (χ1v) is 24.3. The van der Waals surface area contributed by atoms with Crippen molar-refractivity contribution in [1.29, 1.82) is 0 Å². The molecular formula is C45H85NO18. The minimum Gasteiger partial charge on any atom is -0.394 e. The lowest BCUT2D eigenvalue weighted by Crippen LogP contribution is -2.66. The summed E-state index contributed by atoms with van der Waals surface area (Å²) < 4.78 is 34.0. The summed E-state index contributed by atoms with van der Waals surface area (Å²) in [5, 5.41) is 119. The number of rotatable bonds is 33. The molecule has 3 rings (SSSR count). The second-order valence-corrected chi connectivity index (χ2v) is 17.9. The SMILES string of the molecule is CCCCCCCCCCCCCCC(=O)NC(COC1OC(CO)C(OC2OC(CO)C(OC3OC(CO)C(O)C(O)C3O)C(O)C2O)C(O)C1O)C(O)CCCCCCCCC. The third-order valence-electron chi connectivity index (χ3n) is 12.7. The molecule has 3 fully saturated rings. The van der Waals surface area contributed by atoms with Crippen molar-refractivity contribution in [2.45, 2.75) is 253 Å². The maximum absolute atomic E-state index is 13.1. The first-order valence-electron chi connectivity index (χ1n) is 24.3. The standard InChI is InChI=1S/C45H85NO18/c1-3-5-7-9-11-12-13-14-15-17-19-21-23-33(51)46-28(29(50)22-20-18-16-10-8-6-4-2)27-59-43-39(57)36(54)41(31(25-48)61-43)64-45-40(58)37(55)42(32(26-49)62-45)63-44-38(56)35(53)34(52)30(24-47)60-44/h28-32,34-45,47-50,52-58H,3-27H2,1-2H3,(H,46,51). The maximum Gasteiger partial charge on any atom is 0.220 e. The molecule has 3 aliphatic rings. The Morgan fingerprint density at radius 2 is 0.891 bits per heavy atom. The van der Waals surface area contributed by atoms with E-state index in [1.54, 1.807) is 0 Å². The van der Waals surface area contributed by atoms with Crippen molar-refractivity contribution in [3.63, 3.8) is 0 Å². The predicted octanol–water partition coefficient (Wildman–Crippen LogP) is 0.529. The Balaban J connectivity index is 1.56. The van der Waals surface area contributed by atoms with E-state index in [-0.39, 0.29) is 18.9 Å². The van der Waals surface area contributed by atoms with Crippen molar-refractivity contribution in [2.24, 2.45) is 0 Å². The lowest BCUT2D eigenvalue weighted by Gasteiger charge is -2.48. The molecule has 17 unspecified atom stereocenters. The molecule has 1 amide bonds. The van der Waals surface area contributed by atoms with Crippen LogP contribution in [0.15, 0.2) is 0 Å². The first kappa shape index (κ1) is 57.1. The number of hydrogen-bond donors (Lipinski definition) is 12. The smallest absolute Gasteiger partial charge is 0.220 e. The Bertz CT molecular complexity index is 1200. The van der Waals surface area contributed by atoms with Gasteiger partial charge in [0.2, 0.25) is 5.91 Å². The molecule has 64 heavy (non-hydrogen) atoms. The Labute approximate surface area is 379 Å². The normalized spacial score (nSPS) is 34.4. The van der Waals surface area contributed by atoms with Gasteiger partial charge in [0.25, 0.3) is 0 Å². The van der Waals surface area contributed by atoms with Crippen molar-refractivity contribution in [3.05, 3.63) is 0 Å². The number of aliphatic hydroxyl groups is 11. The van der Waals surface area contributed by atoms with Gasteiger partial charge in [-0.05, 0) is 12.8 Å². The summed E-state index contributed by atoms with van der Waals surface area (Å²) in [4.78, 5) is 13.1. The van der Waals surface area contributed by atoms with Gasteiger partial charge in [-0.1, -0.05) is 129 Å². The van der Waals surface area contributed by atoms with Crippen LogP contribution in [0.5, 0.6) is 0 Å². The van der Waals surface area contributed by atoms with E-state index < -0.39 is 124 Å². The van der Waals surface area contributed by atoms with Crippen LogP contribution in [0.25, 0.3) is 0 Å². The van der Waals surface area contributed by atoms with Crippen LogP contribution in [-0.4, -0.2) is 193 Å². The zero-order valence-corrected chi connectivity index (χ0v) is 38.3. The minimum absolute atomic E-state index is 0.249. The van der Waals surface area contributed by atoms with E-state index in [4.69, 9.17) is 28.4 Å². The van der Waals surface area contributed by atoms with Gasteiger partial charge in [-0.3, -0.25) is 4.79 Å². The zero-order chi connectivity index (χ0) is 47.0. The average molecular weight is 928 g/mol. The molecule has 378 valence electrons. The molecule has 0 radical (unpaired) electrons. The number of unbranched alkanes of at least 4 members (excludes halogenated alkanes) is 17. The van der Waals surface area contributed by atoms with Crippen LogP contribution in [0.1, 0.15) is 149 Å². The number of nitrogens with one attached hydrogen (secondary N) is 1. The van der Waals surface area contributed by atoms with E-state index >= 15 is 0 Å². The zero-order valence-electron chi connectivity index (χ0n) is 38.3. The van der Waals surface area contributed by atoms with Crippen LogP contribution in [0, 0.1) is 0 Å². The molecule has 0 saturated carbocycles. The molecule has 19 nitrogen and oxygen atoms in total. The predicted molar refractivity (Wildman–Crippen MR) is 231 cm³/mol. The van der Waals surface area contributed by atoms with E-state index in [2.05, 4.69) is 19.2 Å². The molecule has 0 aromatic rings. The van der Waals surface area contributed by atoms with Crippen molar-refractivity contribution in [1.82, 2.24) is 5.32 Å². The summed E-state index contributed by atoms with van der Waals surface area (Å²) in [6.45, 7) is 1.68. The highest BCUT2D eigenvalue weighted by molar-refractivity contribution is 5.76. The highest BCUT2D eigenvalue weighted by atomic mass is 16.8. The maximum atomic E-state index is 13.1. The van der Waals surface area contributed by atoms with Crippen molar-refractivity contribution < 1.29 is 89.4 Å². The molecule has 0 spiro atoms. The van der Waals surface area contributed by atoms with Gasteiger partial charge in [0.15, 0.2) is 18.9 Å². The molecule has 12 N–H and O–H groups in total. The van der Waals surface area contributed by atoms with Crippen LogP contribution in [0.4, 0.5) is 0 Å². The summed E-state index contributed by atoms with van der Waals surface area (Å²) in [5.41, 5.74) is 0. The van der Waals surface area contributed by atoms with Gasteiger partial charge in [-0.15, -0.1) is 0 Å². The minimum atomic E-state index is -1.97. The third kappa shape index (κ3) is 18.4. The highest BCUT2D eigenvalue weighted by Gasteiger charge is 2.53. The van der Waals surface area contributed by atoms with Crippen LogP contribution < -0.4 is 5.32 Å². The van der Waals surface area contributed by atoms with E-state index in [1.807, 2.05) is 0 Å². The van der Waals surface area contributed by atoms with Gasteiger partial charge in [0.1, 0.15) is 73.2 Å². The fourth-order valence-electron chi connectivity index (χ4n) is 8.55. The molecule has 0 aliphatic carbocycles. The molecule has 19 heteroatoms. The lowest BCUT2D eigenvalue weighted by atomic mass is 9.96. The van der Waals surface area contributed by atoms with Gasteiger partial charge in [-0.2, -0.15) is 0 Å². The summed E-state index contributed by atoms with van der Waals surface area (Å²) in [6.07, 6.45) is -4.58. The molecule has 3 saturated heterocycles. The van der Waals surface area contributed by atoms with Crippen molar-refractivity contribution in [3.8, 4) is 0 Å². The van der Waals surface area contributed by atoms with Crippen LogP contribution in [0.3, 0.4) is 0 Å². The quantitative estimate of drug-likeness (QED) is 0.0400. The molecular weight excluding hydrogens is 842 g/mol. The third-order valence-corrected chi connectivity index (χ3v) is 12.7. The van der Waals surface area contributed by atoms with Gasteiger partial charge >= 0.3 is 0 Å². The lowest BCUT2D eigenvalue weighted by molar-refractivity contribution is -0.379. The van der Waals surface area contributed by atoms with Gasteiger partial charge < -0.3 is 89.9 Å². The van der Waals surface area contributed by atoms with Crippen molar-refractivity contribution in [2.75, 3.05) is 26.4 Å². The Kier molecular flexibility index (Phi) is 28.3. The van der Waals surface area contributed by atoms with E-state index in [0.717, 1.165) is 57.8 Å². The fraction of sp³-hybridized carbons (Fsp3) is 0.978. The number of hydrogen-bond acceptors (Lipinski definition) is 18. The van der Waals surface area contributed by atoms with Crippen LogP contribution >= 0.6 is 0 Å². The fourth-order valence-corrected chi connectivity index (χ4v) is 8.55.